The zero-order chi connectivity index (χ0) is 11.5. The van der Waals surface area contributed by atoms with Gasteiger partial charge in [0, 0.05) is 0 Å². The molecule has 1 aliphatic rings. The van der Waals surface area contributed by atoms with E-state index in [1.54, 1.807) is 0 Å². The van der Waals surface area contributed by atoms with Crippen LogP contribution in [0.15, 0.2) is 0 Å². The molecule has 4 nitrogen and oxygen atoms in total. The maximum Gasteiger partial charge on any atom is 0.306 e. The number of carboxylic acid groups (broad SMARTS) is 1. The van der Waals surface area contributed by atoms with Crippen LogP contribution in [0.3, 0.4) is 0 Å². The van der Waals surface area contributed by atoms with Gasteiger partial charge in [0.05, 0.1) is 20.0 Å². The first kappa shape index (κ1) is 12.0. The van der Waals surface area contributed by atoms with Crippen LogP contribution in [-0.4, -0.2) is 24.2 Å². The number of hydrogen-bond donors (Lipinski definition) is 1. The molecule has 15 heavy (non-hydrogen) atoms. The summed E-state index contributed by atoms with van der Waals surface area (Å²) in [6.07, 6.45) is 2.95. The number of esters is 1. The molecule has 1 N–H and O–H groups in total. The number of rotatable bonds is 4. The first-order chi connectivity index (χ1) is 6.97. The predicted molar refractivity (Wildman–Crippen MR) is 54.3 cm³/mol. The zero-order valence-corrected chi connectivity index (χ0v) is 9.28. The van der Waals surface area contributed by atoms with E-state index in [9.17, 15) is 9.59 Å². The summed E-state index contributed by atoms with van der Waals surface area (Å²) in [6.45, 7) is 2.10. The summed E-state index contributed by atoms with van der Waals surface area (Å²) in [4.78, 5) is 22.0. The predicted octanol–water partition coefficient (Wildman–Crippen LogP) is 1.83. The van der Waals surface area contributed by atoms with Gasteiger partial charge in [0.25, 0.3) is 0 Å². The lowest BCUT2D eigenvalue weighted by Gasteiger charge is -2.25. The topological polar surface area (TPSA) is 63.6 Å². The SMILES string of the molecule is COC(=O)C[C@]1(CC(=O)O)CC[C@@H](C)C1. The minimum Gasteiger partial charge on any atom is -0.481 e. The van der Waals surface area contributed by atoms with Gasteiger partial charge in [-0.1, -0.05) is 13.3 Å². The molecule has 0 saturated heterocycles. The molecule has 1 aliphatic carbocycles. The van der Waals surface area contributed by atoms with Gasteiger partial charge in [-0.05, 0) is 24.2 Å². The zero-order valence-electron chi connectivity index (χ0n) is 9.28. The lowest BCUT2D eigenvalue weighted by atomic mass is 9.79. The van der Waals surface area contributed by atoms with E-state index in [1.165, 1.54) is 7.11 Å². The third-order valence-corrected chi connectivity index (χ3v) is 3.22. The van der Waals surface area contributed by atoms with Crippen molar-refractivity contribution in [3.63, 3.8) is 0 Å². The number of methoxy groups -OCH3 is 1. The Labute approximate surface area is 89.6 Å². The van der Waals surface area contributed by atoms with Gasteiger partial charge < -0.3 is 9.84 Å². The molecule has 0 aromatic rings. The Balaban J connectivity index is 2.68. The van der Waals surface area contributed by atoms with Gasteiger partial charge in [-0.3, -0.25) is 9.59 Å². The van der Waals surface area contributed by atoms with Crippen LogP contribution in [0.2, 0.25) is 0 Å². The number of hydrogen-bond acceptors (Lipinski definition) is 3. The van der Waals surface area contributed by atoms with E-state index in [0.29, 0.717) is 5.92 Å². The third kappa shape index (κ3) is 3.22. The standard InChI is InChI=1S/C11H18O4/c1-8-3-4-11(5-8,6-9(12)13)7-10(14)15-2/h8H,3-7H2,1-2H3,(H,12,13)/t8-,11-/m1/s1. The molecule has 4 heteroatoms. The smallest absolute Gasteiger partial charge is 0.306 e. The molecule has 0 bridgehead atoms. The van der Waals surface area contributed by atoms with Crippen molar-refractivity contribution in [2.24, 2.45) is 11.3 Å². The van der Waals surface area contributed by atoms with E-state index in [1.807, 2.05) is 0 Å². The van der Waals surface area contributed by atoms with Crippen LogP contribution in [0.25, 0.3) is 0 Å². The van der Waals surface area contributed by atoms with Crippen molar-refractivity contribution >= 4 is 11.9 Å². The minimum absolute atomic E-state index is 0.0758. The fourth-order valence-corrected chi connectivity index (χ4v) is 2.58. The summed E-state index contributed by atoms with van der Waals surface area (Å²) >= 11 is 0. The summed E-state index contributed by atoms with van der Waals surface area (Å²) in [6, 6.07) is 0. The molecule has 0 radical (unpaired) electrons. The monoisotopic (exact) mass is 214 g/mol. The second-order valence-electron chi connectivity index (χ2n) is 4.67. The van der Waals surface area contributed by atoms with Gasteiger partial charge in [-0.15, -0.1) is 0 Å². The normalized spacial score (nSPS) is 30.1. The molecule has 2 atom stereocenters. The molecular formula is C11H18O4. The highest BCUT2D eigenvalue weighted by molar-refractivity contribution is 5.73. The lowest BCUT2D eigenvalue weighted by Crippen LogP contribution is -2.25. The molecule has 0 aliphatic heterocycles. The molecule has 0 unspecified atom stereocenters. The average molecular weight is 214 g/mol. The molecular weight excluding hydrogens is 196 g/mol. The fourth-order valence-electron chi connectivity index (χ4n) is 2.58. The van der Waals surface area contributed by atoms with Gasteiger partial charge in [-0.25, -0.2) is 0 Å². The minimum atomic E-state index is -0.826. The molecule has 1 fully saturated rings. The number of carbonyl (C=O) groups is 2. The molecule has 86 valence electrons. The van der Waals surface area contributed by atoms with Crippen LogP contribution < -0.4 is 0 Å². The summed E-state index contributed by atoms with van der Waals surface area (Å²) < 4.78 is 4.62. The highest BCUT2D eigenvalue weighted by Gasteiger charge is 2.41. The van der Waals surface area contributed by atoms with Gasteiger partial charge in [0.15, 0.2) is 0 Å². The van der Waals surface area contributed by atoms with E-state index in [0.717, 1.165) is 19.3 Å². The summed E-state index contributed by atoms with van der Waals surface area (Å²) in [5.41, 5.74) is -0.363. The number of aliphatic carboxylic acids is 1. The van der Waals surface area contributed by atoms with E-state index in [4.69, 9.17) is 5.11 Å². The highest BCUT2D eigenvalue weighted by atomic mass is 16.5. The molecule has 0 aromatic carbocycles. The van der Waals surface area contributed by atoms with Crippen molar-refractivity contribution in [3.05, 3.63) is 0 Å². The Bertz CT molecular complexity index is 261. The lowest BCUT2D eigenvalue weighted by molar-refractivity contribution is -0.146. The Kier molecular flexibility index (Phi) is 3.72. The molecule has 0 heterocycles. The van der Waals surface area contributed by atoms with Crippen molar-refractivity contribution in [2.75, 3.05) is 7.11 Å². The quantitative estimate of drug-likeness (QED) is 0.725. The summed E-state index contributed by atoms with van der Waals surface area (Å²) in [5, 5.41) is 8.86. The van der Waals surface area contributed by atoms with E-state index in [2.05, 4.69) is 11.7 Å². The molecule has 0 spiro atoms. The Morgan fingerprint density at radius 2 is 2.13 bits per heavy atom. The van der Waals surface area contributed by atoms with Crippen LogP contribution in [0.5, 0.6) is 0 Å². The Hall–Kier alpha value is -1.06. The Morgan fingerprint density at radius 1 is 1.47 bits per heavy atom. The number of ether oxygens (including phenoxy) is 1. The van der Waals surface area contributed by atoms with Crippen LogP contribution in [0, 0.1) is 11.3 Å². The van der Waals surface area contributed by atoms with Crippen LogP contribution in [0.1, 0.15) is 39.0 Å². The number of carboxylic acids is 1. The molecule has 1 saturated carbocycles. The van der Waals surface area contributed by atoms with Gasteiger partial charge in [0.2, 0.25) is 0 Å². The second kappa shape index (κ2) is 4.64. The fraction of sp³-hybridized carbons (Fsp3) is 0.818. The van der Waals surface area contributed by atoms with E-state index in [-0.39, 0.29) is 24.2 Å². The molecule has 1 rings (SSSR count). The van der Waals surface area contributed by atoms with Crippen molar-refractivity contribution in [2.45, 2.75) is 39.0 Å². The largest absolute Gasteiger partial charge is 0.481 e. The second-order valence-corrected chi connectivity index (χ2v) is 4.67. The average Bonchev–Trinajstić information content (AvgIpc) is 2.46. The van der Waals surface area contributed by atoms with Crippen LogP contribution in [0.4, 0.5) is 0 Å². The van der Waals surface area contributed by atoms with Crippen molar-refractivity contribution < 1.29 is 19.4 Å². The van der Waals surface area contributed by atoms with Crippen molar-refractivity contribution in [3.8, 4) is 0 Å². The summed E-state index contributed by atoms with van der Waals surface area (Å²) in [7, 11) is 1.34. The third-order valence-electron chi connectivity index (χ3n) is 3.22. The van der Waals surface area contributed by atoms with Gasteiger partial charge >= 0.3 is 11.9 Å². The van der Waals surface area contributed by atoms with Crippen LogP contribution in [-0.2, 0) is 14.3 Å². The van der Waals surface area contributed by atoms with E-state index < -0.39 is 5.97 Å². The van der Waals surface area contributed by atoms with Crippen molar-refractivity contribution in [1.82, 2.24) is 0 Å². The van der Waals surface area contributed by atoms with E-state index >= 15 is 0 Å². The maximum absolute atomic E-state index is 11.2. The van der Waals surface area contributed by atoms with Crippen LogP contribution >= 0.6 is 0 Å². The van der Waals surface area contributed by atoms with Crippen molar-refractivity contribution in [1.29, 1.82) is 0 Å². The summed E-state index contributed by atoms with van der Waals surface area (Å²) in [5.74, 6) is -0.618. The molecule has 0 amide bonds. The highest BCUT2D eigenvalue weighted by Crippen LogP contribution is 2.47. The first-order valence-electron chi connectivity index (χ1n) is 5.26. The maximum atomic E-state index is 11.2. The van der Waals surface area contributed by atoms with Gasteiger partial charge in [-0.2, -0.15) is 0 Å². The first-order valence-corrected chi connectivity index (χ1v) is 5.26. The number of carbonyl (C=O) groups excluding carboxylic acids is 1. The van der Waals surface area contributed by atoms with Gasteiger partial charge in [0.1, 0.15) is 0 Å². The molecule has 0 aromatic heterocycles. The Morgan fingerprint density at radius 3 is 2.53 bits per heavy atom.